The normalized spacial score (nSPS) is 10.8. The van der Waals surface area contributed by atoms with Crippen LogP contribution in [0.25, 0.3) is 0 Å². The van der Waals surface area contributed by atoms with Gasteiger partial charge in [-0.2, -0.15) is 5.10 Å². The molecular formula is C14H17N3O3. The topological polar surface area (TPSA) is 90.4 Å². The third-order valence-corrected chi connectivity index (χ3v) is 2.84. The van der Waals surface area contributed by atoms with Gasteiger partial charge in [0.1, 0.15) is 17.9 Å². The van der Waals surface area contributed by atoms with Crippen LogP contribution in [0.1, 0.15) is 35.9 Å². The highest BCUT2D eigenvalue weighted by Crippen LogP contribution is 2.25. The summed E-state index contributed by atoms with van der Waals surface area (Å²) >= 11 is 0. The number of aromatic carboxylic acids is 1. The van der Waals surface area contributed by atoms with Crippen LogP contribution in [0.2, 0.25) is 0 Å². The number of hydrogen-bond donors (Lipinski definition) is 2. The van der Waals surface area contributed by atoms with E-state index in [1.165, 1.54) is 6.07 Å². The minimum atomic E-state index is -1.11. The van der Waals surface area contributed by atoms with Gasteiger partial charge in [-0.25, -0.2) is 4.79 Å². The second-order valence-electron chi connectivity index (χ2n) is 4.70. The predicted octanol–water partition coefficient (Wildman–Crippen LogP) is 2.32. The van der Waals surface area contributed by atoms with Crippen LogP contribution in [0, 0.1) is 0 Å². The molecule has 0 amide bonds. The van der Waals surface area contributed by atoms with Crippen LogP contribution >= 0.6 is 0 Å². The third kappa shape index (κ3) is 2.90. The molecule has 1 aromatic carbocycles. The molecule has 0 aliphatic heterocycles. The summed E-state index contributed by atoms with van der Waals surface area (Å²) in [6.45, 7) is 4.25. The average molecular weight is 275 g/mol. The van der Waals surface area contributed by atoms with Gasteiger partial charge in [0.15, 0.2) is 0 Å². The van der Waals surface area contributed by atoms with Crippen LogP contribution < -0.4 is 10.5 Å². The van der Waals surface area contributed by atoms with Gasteiger partial charge in [0.05, 0.1) is 5.69 Å². The summed E-state index contributed by atoms with van der Waals surface area (Å²) in [4.78, 5) is 11.2. The Morgan fingerprint density at radius 1 is 1.45 bits per heavy atom. The lowest BCUT2D eigenvalue weighted by Gasteiger charge is -2.10. The fraction of sp³-hybridized carbons (Fsp3) is 0.286. The summed E-state index contributed by atoms with van der Waals surface area (Å²) < 4.78 is 7.34. The quantitative estimate of drug-likeness (QED) is 0.817. The summed E-state index contributed by atoms with van der Waals surface area (Å²) in [5, 5.41) is 13.5. The number of nitrogen functional groups attached to an aromatic ring is 1. The van der Waals surface area contributed by atoms with Gasteiger partial charge in [0.2, 0.25) is 0 Å². The summed E-state index contributed by atoms with van der Waals surface area (Å²) in [7, 11) is 0. The second-order valence-corrected chi connectivity index (χ2v) is 4.70. The van der Waals surface area contributed by atoms with Crippen LogP contribution in [-0.4, -0.2) is 20.9 Å². The predicted molar refractivity (Wildman–Crippen MR) is 74.8 cm³/mol. The van der Waals surface area contributed by atoms with Crippen molar-refractivity contribution in [1.29, 1.82) is 0 Å². The van der Waals surface area contributed by atoms with E-state index in [-0.39, 0.29) is 29.6 Å². The second kappa shape index (κ2) is 5.64. The maximum Gasteiger partial charge on any atom is 0.341 e. The van der Waals surface area contributed by atoms with Gasteiger partial charge in [-0.3, -0.25) is 4.68 Å². The van der Waals surface area contributed by atoms with E-state index in [1.54, 1.807) is 12.1 Å². The van der Waals surface area contributed by atoms with Crippen molar-refractivity contribution in [3.8, 4) is 5.75 Å². The van der Waals surface area contributed by atoms with Crippen LogP contribution in [0.4, 0.5) is 5.69 Å². The van der Waals surface area contributed by atoms with Crippen molar-refractivity contribution in [2.24, 2.45) is 0 Å². The molecule has 0 fully saturated rings. The van der Waals surface area contributed by atoms with Gasteiger partial charge in [0.25, 0.3) is 0 Å². The van der Waals surface area contributed by atoms with Crippen molar-refractivity contribution in [3.05, 3.63) is 41.7 Å². The number of nitrogens with zero attached hydrogens (tertiary/aromatic N) is 2. The van der Waals surface area contributed by atoms with E-state index in [1.807, 2.05) is 30.8 Å². The van der Waals surface area contributed by atoms with Gasteiger partial charge in [0, 0.05) is 17.9 Å². The van der Waals surface area contributed by atoms with Crippen molar-refractivity contribution in [2.45, 2.75) is 26.5 Å². The number of anilines is 1. The maximum atomic E-state index is 11.2. The van der Waals surface area contributed by atoms with E-state index in [2.05, 4.69) is 5.10 Å². The highest BCUT2D eigenvalue weighted by Gasteiger charge is 2.15. The number of benzene rings is 1. The van der Waals surface area contributed by atoms with Crippen molar-refractivity contribution in [1.82, 2.24) is 9.78 Å². The van der Waals surface area contributed by atoms with E-state index in [4.69, 9.17) is 15.6 Å². The molecular weight excluding hydrogens is 258 g/mol. The SMILES string of the molecule is CC(C)n1ccc(COc2cccc(N)c2C(=O)O)n1. The number of nitrogens with two attached hydrogens (primary N) is 1. The number of rotatable bonds is 5. The summed E-state index contributed by atoms with van der Waals surface area (Å²) in [5.74, 6) is -0.859. The summed E-state index contributed by atoms with van der Waals surface area (Å²) in [6, 6.07) is 6.88. The lowest BCUT2D eigenvalue weighted by atomic mass is 10.1. The van der Waals surface area contributed by atoms with Crippen molar-refractivity contribution in [2.75, 3.05) is 5.73 Å². The van der Waals surface area contributed by atoms with Crippen LogP contribution in [-0.2, 0) is 6.61 Å². The molecule has 1 heterocycles. The first-order valence-corrected chi connectivity index (χ1v) is 6.27. The summed E-state index contributed by atoms with van der Waals surface area (Å²) in [6.07, 6.45) is 1.86. The molecule has 0 bridgehead atoms. The van der Waals surface area contributed by atoms with Gasteiger partial charge >= 0.3 is 5.97 Å². The Morgan fingerprint density at radius 2 is 2.20 bits per heavy atom. The molecule has 0 saturated carbocycles. The maximum absolute atomic E-state index is 11.2. The van der Waals surface area contributed by atoms with Crippen LogP contribution in [0.5, 0.6) is 5.75 Å². The zero-order chi connectivity index (χ0) is 14.7. The Labute approximate surface area is 116 Å². The molecule has 3 N–H and O–H groups in total. The molecule has 2 rings (SSSR count). The molecule has 6 nitrogen and oxygen atoms in total. The molecule has 0 spiro atoms. The van der Waals surface area contributed by atoms with Gasteiger partial charge in [-0.1, -0.05) is 6.07 Å². The van der Waals surface area contributed by atoms with E-state index in [0.717, 1.165) is 5.69 Å². The van der Waals surface area contributed by atoms with Gasteiger partial charge in [-0.05, 0) is 32.0 Å². The zero-order valence-electron chi connectivity index (χ0n) is 11.4. The molecule has 1 aromatic heterocycles. The first kappa shape index (κ1) is 13.9. The summed E-state index contributed by atoms with van der Waals surface area (Å²) in [5.41, 5.74) is 6.55. The van der Waals surface area contributed by atoms with E-state index < -0.39 is 5.97 Å². The smallest absolute Gasteiger partial charge is 0.341 e. The molecule has 106 valence electrons. The Balaban J connectivity index is 2.14. The minimum Gasteiger partial charge on any atom is -0.486 e. The first-order chi connectivity index (χ1) is 9.49. The number of carbonyl (C=O) groups is 1. The average Bonchev–Trinajstić information content (AvgIpc) is 2.84. The fourth-order valence-electron chi connectivity index (χ4n) is 1.79. The number of aromatic nitrogens is 2. The molecule has 0 radical (unpaired) electrons. The van der Waals surface area contributed by atoms with E-state index in [9.17, 15) is 4.79 Å². The fourth-order valence-corrected chi connectivity index (χ4v) is 1.79. The van der Waals surface area contributed by atoms with Crippen LogP contribution in [0.15, 0.2) is 30.5 Å². The van der Waals surface area contributed by atoms with Crippen molar-refractivity contribution >= 4 is 11.7 Å². The largest absolute Gasteiger partial charge is 0.486 e. The molecule has 20 heavy (non-hydrogen) atoms. The van der Waals surface area contributed by atoms with Crippen molar-refractivity contribution in [3.63, 3.8) is 0 Å². The van der Waals surface area contributed by atoms with Crippen molar-refractivity contribution < 1.29 is 14.6 Å². The third-order valence-electron chi connectivity index (χ3n) is 2.84. The Kier molecular flexibility index (Phi) is 3.93. The van der Waals surface area contributed by atoms with E-state index in [0.29, 0.717) is 0 Å². The van der Waals surface area contributed by atoms with Crippen LogP contribution in [0.3, 0.4) is 0 Å². The standard InChI is InChI=1S/C14H17N3O3/c1-9(2)17-7-6-10(16-17)8-20-12-5-3-4-11(15)13(12)14(18)19/h3-7,9H,8,15H2,1-2H3,(H,18,19). The van der Waals surface area contributed by atoms with E-state index >= 15 is 0 Å². The Hall–Kier alpha value is -2.50. The molecule has 6 heteroatoms. The highest BCUT2D eigenvalue weighted by molar-refractivity contribution is 5.96. The molecule has 0 unspecified atom stereocenters. The molecule has 0 saturated heterocycles. The number of carboxylic acid groups (broad SMARTS) is 1. The molecule has 0 aliphatic rings. The highest BCUT2D eigenvalue weighted by atomic mass is 16.5. The number of hydrogen-bond acceptors (Lipinski definition) is 4. The molecule has 0 atom stereocenters. The monoisotopic (exact) mass is 275 g/mol. The number of ether oxygens (including phenoxy) is 1. The minimum absolute atomic E-state index is 0.0178. The van der Waals surface area contributed by atoms with Gasteiger partial charge in [-0.15, -0.1) is 0 Å². The number of carboxylic acids is 1. The molecule has 2 aromatic rings. The lowest BCUT2D eigenvalue weighted by Crippen LogP contribution is -2.08. The Bertz CT molecular complexity index is 620. The lowest BCUT2D eigenvalue weighted by molar-refractivity contribution is 0.0693. The zero-order valence-corrected chi connectivity index (χ0v) is 11.4. The van der Waals surface area contributed by atoms with Gasteiger partial charge < -0.3 is 15.6 Å². The first-order valence-electron chi connectivity index (χ1n) is 6.27. The molecule has 0 aliphatic carbocycles. The Morgan fingerprint density at radius 3 is 2.80 bits per heavy atom.